The van der Waals surface area contributed by atoms with Gasteiger partial charge in [0.05, 0.1) is 6.20 Å². The first-order valence-electron chi connectivity index (χ1n) is 5.34. The van der Waals surface area contributed by atoms with Crippen LogP contribution < -0.4 is 5.32 Å². The predicted octanol–water partition coefficient (Wildman–Crippen LogP) is 1.01. The lowest BCUT2D eigenvalue weighted by molar-refractivity contribution is 0.0957. The van der Waals surface area contributed by atoms with Crippen molar-refractivity contribution in [2.45, 2.75) is 13.8 Å². The van der Waals surface area contributed by atoms with E-state index in [0.717, 1.165) is 11.4 Å². The van der Waals surface area contributed by atoms with E-state index in [2.05, 4.69) is 28.0 Å². The Balaban J connectivity index is 2.45. The molecule has 2 rings (SSSR count). The van der Waals surface area contributed by atoms with E-state index in [1.807, 2.05) is 19.9 Å². The van der Waals surface area contributed by atoms with Crippen LogP contribution in [0.15, 0.2) is 12.3 Å². The molecular weight excluding hydrogens is 236 g/mol. The van der Waals surface area contributed by atoms with Crippen LogP contribution in [0.1, 0.15) is 21.7 Å². The molecule has 0 saturated heterocycles. The van der Waals surface area contributed by atoms with E-state index in [9.17, 15) is 4.79 Å². The van der Waals surface area contributed by atoms with Gasteiger partial charge in [0.15, 0.2) is 5.65 Å². The van der Waals surface area contributed by atoms with E-state index >= 15 is 0 Å². The van der Waals surface area contributed by atoms with Crippen molar-refractivity contribution in [3.8, 4) is 0 Å². The van der Waals surface area contributed by atoms with E-state index in [4.69, 9.17) is 0 Å². The molecule has 0 radical (unpaired) electrons. The summed E-state index contributed by atoms with van der Waals surface area (Å²) in [6, 6.07) is 1.93. The van der Waals surface area contributed by atoms with E-state index in [0.29, 0.717) is 23.5 Å². The lowest BCUT2D eigenvalue weighted by Crippen LogP contribution is -2.25. The van der Waals surface area contributed by atoms with Gasteiger partial charge >= 0.3 is 0 Å². The van der Waals surface area contributed by atoms with Crippen LogP contribution in [0.5, 0.6) is 0 Å². The normalized spacial score (nSPS) is 10.8. The molecule has 0 unspecified atom stereocenters. The van der Waals surface area contributed by atoms with E-state index in [1.165, 1.54) is 0 Å². The molecule has 1 N–H and O–H groups in total. The summed E-state index contributed by atoms with van der Waals surface area (Å²) in [5.74, 6) is 0.447. The van der Waals surface area contributed by atoms with Crippen LogP contribution in [-0.2, 0) is 0 Å². The summed E-state index contributed by atoms with van der Waals surface area (Å²) in [6.07, 6.45) is 1.54. The van der Waals surface area contributed by atoms with Crippen LogP contribution >= 0.6 is 12.6 Å². The molecular formula is C11H14N4OS. The number of hydrogen-bond acceptors (Lipinski definition) is 4. The molecule has 2 aromatic rings. The van der Waals surface area contributed by atoms with Gasteiger partial charge in [-0.2, -0.15) is 17.7 Å². The van der Waals surface area contributed by atoms with Crippen molar-refractivity contribution >= 4 is 24.2 Å². The molecule has 17 heavy (non-hydrogen) atoms. The summed E-state index contributed by atoms with van der Waals surface area (Å²) < 4.78 is 1.67. The molecule has 5 nitrogen and oxygen atoms in total. The quantitative estimate of drug-likeness (QED) is 0.799. The fraction of sp³-hybridized carbons (Fsp3) is 0.364. The number of hydrogen-bond donors (Lipinski definition) is 2. The number of carbonyl (C=O) groups is 1. The van der Waals surface area contributed by atoms with Gasteiger partial charge in [-0.15, -0.1) is 0 Å². The van der Waals surface area contributed by atoms with Crippen molar-refractivity contribution in [1.29, 1.82) is 0 Å². The second-order valence-electron chi connectivity index (χ2n) is 3.81. The van der Waals surface area contributed by atoms with Crippen LogP contribution in [0.25, 0.3) is 5.65 Å². The third-order valence-electron chi connectivity index (χ3n) is 2.42. The number of carbonyl (C=O) groups excluding carboxylic acids is 1. The van der Waals surface area contributed by atoms with Crippen molar-refractivity contribution in [2.24, 2.45) is 0 Å². The molecule has 1 amide bonds. The van der Waals surface area contributed by atoms with Crippen LogP contribution in [0.3, 0.4) is 0 Å². The van der Waals surface area contributed by atoms with Crippen molar-refractivity contribution < 1.29 is 4.79 Å². The summed E-state index contributed by atoms with van der Waals surface area (Å²) in [4.78, 5) is 16.2. The molecule has 0 aliphatic heterocycles. The number of aromatic nitrogens is 3. The van der Waals surface area contributed by atoms with Gasteiger partial charge in [0, 0.05) is 23.7 Å². The van der Waals surface area contributed by atoms with Crippen LogP contribution in [0.4, 0.5) is 0 Å². The molecule has 2 aromatic heterocycles. The second kappa shape index (κ2) is 4.75. The van der Waals surface area contributed by atoms with E-state index in [-0.39, 0.29) is 5.91 Å². The largest absolute Gasteiger partial charge is 0.351 e. The Hall–Kier alpha value is -1.56. The Kier molecular flexibility index (Phi) is 3.33. The van der Waals surface area contributed by atoms with Gasteiger partial charge in [-0.25, -0.2) is 9.50 Å². The molecule has 2 heterocycles. The van der Waals surface area contributed by atoms with Crippen LogP contribution in [0, 0.1) is 13.8 Å². The number of thiol groups is 1. The maximum atomic E-state index is 11.9. The average molecular weight is 250 g/mol. The lowest BCUT2D eigenvalue weighted by Gasteiger charge is -2.03. The van der Waals surface area contributed by atoms with Gasteiger partial charge < -0.3 is 5.32 Å². The van der Waals surface area contributed by atoms with E-state index in [1.54, 1.807) is 10.7 Å². The molecule has 90 valence electrons. The van der Waals surface area contributed by atoms with Crippen molar-refractivity contribution in [2.75, 3.05) is 12.3 Å². The molecule has 0 aliphatic carbocycles. The van der Waals surface area contributed by atoms with Gasteiger partial charge in [0.25, 0.3) is 5.91 Å². The van der Waals surface area contributed by atoms with Crippen LogP contribution in [-0.4, -0.2) is 32.8 Å². The smallest absolute Gasteiger partial charge is 0.256 e. The molecule has 0 spiro atoms. The fourth-order valence-corrected chi connectivity index (χ4v) is 1.81. The maximum Gasteiger partial charge on any atom is 0.256 e. The molecule has 0 fully saturated rings. The van der Waals surface area contributed by atoms with Gasteiger partial charge in [-0.05, 0) is 19.9 Å². The highest BCUT2D eigenvalue weighted by molar-refractivity contribution is 7.80. The SMILES string of the molecule is Cc1cc(C)n2ncc(C(=O)NCCS)c2n1. The lowest BCUT2D eigenvalue weighted by atomic mass is 10.3. The molecule has 0 aliphatic rings. The first-order chi connectivity index (χ1) is 8.13. The number of rotatable bonds is 3. The fourth-order valence-electron chi connectivity index (χ4n) is 1.70. The third kappa shape index (κ3) is 2.26. The highest BCUT2D eigenvalue weighted by Gasteiger charge is 2.14. The Labute approximate surface area is 105 Å². The van der Waals surface area contributed by atoms with Crippen molar-refractivity contribution in [3.63, 3.8) is 0 Å². The monoisotopic (exact) mass is 250 g/mol. The Morgan fingerprint density at radius 1 is 1.53 bits per heavy atom. The van der Waals surface area contributed by atoms with Gasteiger partial charge in [0.1, 0.15) is 5.56 Å². The number of nitrogens with zero attached hydrogens (tertiary/aromatic N) is 3. The number of fused-ring (bicyclic) bond motifs is 1. The minimum absolute atomic E-state index is 0.161. The molecule has 6 heteroatoms. The highest BCUT2D eigenvalue weighted by Crippen LogP contribution is 2.11. The zero-order valence-corrected chi connectivity index (χ0v) is 10.7. The first kappa shape index (κ1) is 11.9. The highest BCUT2D eigenvalue weighted by atomic mass is 32.1. The zero-order valence-electron chi connectivity index (χ0n) is 9.77. The molecule has 0 aromatic carbocycles. The summed E-state index contributed by atoms with van der Waals surface area (Å²) in [5, 5.41) is 6.92. The minimum atomic E-state index is -0.161. The number of aryl methyl sites for hydroxylation is 2. The Morgan fingerprint density at radius 3 is 3.00 bits per heavy atom. The van der Waals surface area contributed by atoms with Crippen molar-refractivity contribution in [3.05, 3.63) is 29.2 Å². The summed E-state index contributed by atoms with van der Waals surface area (Å²) >= 11 is 4.05. The number of amides is 1. The Bertz CT molecular complexity index is 564. The topological polar surface area (TPSA) is 59.3 Å². The first-order valence-corrected chi connectivity index (χ1v) is 5.98. The third-order valence-corrected chi connectivity index (χ3v) is 2.64. The molecule has 0 atom stereocenters. The average Bonchev–Trinajstić information content (AvgIpc) is 2.69. The number of nitrogens with one attached hydrogen (secondary N) is 1. The molecule has 0 saturated carbocycles. The minimum Gasteiger partial charge on any atom is -0.351 e. The van der Waals surface area contributed by atoms with Gasteiger partial charge in [0.2, 0.25) is 0 Å². The van der Waals surface area contributed by atoms with Gasteiger partial charge in [-0.3, -0.25) is 4.79 Å². The Morgan fingerprint density at radius 2 is 2.29 bits per heavy atom. The standard InChI is InChI=1S/C11H14N4OS/c1-7-5-8(2)15-10(14-7)9(6-13-15)11(16)12-3-4-17/h5-6,17H,3-4H2,1-2H3,(H,12,16). The summed E-state index contributed by atoms with van der Waals surface area (Å²) in [5.41, 5.74) is 2.93. The predicted molar refractivity (Wildman–Crippen MR) is 68.6 cm³/mol. The zero-order chi connectivity index (χ0) is 12.4. The van der Waals surface area contributed by atoms with Crippen LogP contribution in [0.2, 0.25) is 0 Å². The maximum absolute atomic E-state index is 11.9. The van der Waals surface area contributed by atoms with Crippen molar-refractivity contribution in [1.82, 2.24) is 19.9 Å². The molecule has 0 bridgehead atoms. The van der Waals surface area contributed by atoms with Gasteiger partial charge in [-0.1, -0.05) is 0 Å². The summed E-state index contributed by atoms with van der Waals surface area (Å²) in [6.45, 7) is 4.36. The van der Waals surface area contributed by atoms with E-state index < -0.39 is 0 Å². The summed E-state index contributed by atoms with van der Waals surface area (Å²) in [7, 11) is 0. The second-order valence-corrected chi connectivity index (χ2v) is 4.26.